The van der Waals surface area contributed by atoms with Gasteiger partial charge in [-0.2, -0.15) is 10.1 Å². The van der Waals surface area contributed by atoms with E-state index in [1.807, 2.05) is 17.7 Å². The summed E-state index contributed by atoms with van der Waals surface area (Å²) in [6.07, 6.45) is 4.46. The van der Waals surface area contributed by atoms with E-state index in [2.05, 4.69) is 36.2 Å². The summed E-state index contributed by atoms with van der Waals surface area (Å²) in [7, 11) is 0. The number of hydrogen-bond acceptors (Lipinski definition) is 6. The van der Waals surface area contributed by atoms with Crippen molar-refractivity contribution in [3.8, 4) is 0 Å². The van der Waals surface area contributed by atoms with Gasteiger partial charge in [-0.05, 0) is 59.4 Å². The monoisotopic (exact) mass is 394 g/mol. The molecule has 152 valence electrons. The van der Waals surface area contributed by atoms with Crippen molar-refractivity contribution in [1.29, 1.82) is 0 Å². The molecule has 8 heteroatoms. The number of nitrogens with zero attached hydrogens (tertiary/aromatic N) is 5. The van der Waals surface area contributed by atoms with Crippen molar-refractivity contribution < 1.29 is 9.32 Å². The van der Waals surface area contributed by atoms with Crippen molar-refractivity contribution in [1.82, 2.24) is 30.2 Å². The number of pyridine rings is 1. The Balaban J connectivity index is 1.48. The van der Waals surface area contributed by atoms with E-state index in [1.165, 1.54) is 0 Å². The topological polar surface area (TPSA) is 98.7 Å². The Hall–Kier alpha value is -2.77. The third-order valence-corrected chi connectivity index (χ3v) is 5.53. The molecule has 0 aliphatic heterocycles. The van der Waals surface area contributed by atoms with Crippen LogP contribution in [0.2, 0.25) is 0 Å². The van der Waals surface area contributed by atoms with Crippen molar-refractivity contribution in [2.45, 2.75) is 77.3 Å². The van der Waals surface area contributed by atoms with E-state index < -0.39 is 0 Å². The molecule has 2 aliphatic carbocycles. The van der Waals surface area contributed by atoms with Gasteiger partial charge in [0.05, 0.1) is 28.7 Å². The van der Waals surface area contributed by atoms with Crippen LogP contribution in [0.25, 0.3) is 11.0 Å². The number of nitrogens with one attached hydrogen (secondary N) is 1. The van der Waals surface area contributed by atoms with Crippen LogP contribution in [0.15, 0.2) is 10.6 Å². The molecule has 5 rings (SSSR count). The normalized spacial score (nSPS) is 17.1. The molecule has 0 aromatic carbocycles. The second kappa shape index (κ2) is 6.37. The second-order valence-electron chi connectivity index (χ2n) is 9.24. The molecule has 0 radical (unpaired) electrons. The van der Waals surface area contributed by atoms with Gasteiger partial charge in [0.2, 0.25) is 5.89 Å². The summed E-state index contributed by atoms with van der Waals surface area (Å²) in [6, 6.07) is 1.93. The lowest BCUT2D eigenvalue weighted by atomic mass is 10.1. The Morgan fingerprint density at radius 2 is 1.93 bits per heavy atom. The molecule has 2 fully saturated rings. The fourth-order valence-corrected chi connectivity index (χ4v) is 3.64. The number of aromatic nitrogens is 5. The fourth-order valence-electron chi connectivity index (χ4n) is 3.64. The molecule has 0 saturated heterocycles. The highest BCUT2D eigenvalue weighted by atomic mass is 16.5. The lowest BCUT2D eigenvalue weighted by molar-refractivity contribution is 0.0947. The van der Waals surface area contributed by atoms with E-state index in [0.717, 1.165) is 53.9 Å². The van der Waals surface area contributed by atoms with Gasteiger partial charge in [0.25, 0.3) is 5.91 Å². The number of carbonyl (C=O) groups excluding carboxylic acids is 1. The molecule has 1 amide bonds. The maximum Gasteiger partial charge on any atom is 0.252 e. The summed E-state index contributed by atoms with van der Waals surface area (Å²) in [6.45, 7) is 8.43. The van der Waals surface area contributed by atoms with Crippen LogP contribution >= 0.6 is 0 Å². The molecule has 3 aromatic rings. The second-order valence-corrected chi connectivity index (χ2v) is 9.24. The molecule has 0 bridgehead atoms. The molecule has 2 saturated carbocycles. The minimum Gasteiger partial charge on any atom is -0.343 e. The SMILES string of the molecule is Cc1nn(C(C)(C)C)c2nc(C3CC3)cc(C(=O)NCc3nc(C4CC4)no3)c12. The maximum atomic E-state index is 13.1. The molecule has 3 aromatic heterocycles. The van der Waals surface area contributed by atoms with Gasteiger partial charge < -0.3 is 9.84 Å². The van der Waals surface area contributed by atoms with Crippen molar-refractivity contribution in [3.63, 3.8) is 0 Å². The molecule has 0 spiro atoms. The maximum absolute atomic E-state index is 13.1. The Morgan fingerprint density at radius 3 is 2.59 bits per heavy atom. The molecule has 29 heavy (non-hydrogen) atoms. The third-order valence-electron chi connectivity index (χ3n) is 5.53. The van der Waals surface area contributed by atoms with Gasteiger partial charge in [0.1, 0.15) is 0 Å². The van der Waals surface area contributed by atoms with Gasteiger partial charge in [-0.1, -0.05) is 5.16 Å². The summed E-state index contributed by atoms with van der Waals surface area (Å²) in [4.78, 5) is 22.4. The van der Waals surface area contributed by atoms with E-state index in [4.69, 9.17) is 14.6 Å². The highest BCUT2D eigenvalue weighted by molar-refractivity contribution is 6.06. The highest BCUT2D eigenvalue weighted by Crippen LogP contribution is 2.41. The minimum atomic E-state index is -0.224. The molecule has 3 heterocycles. The van der Waals surface area contributed by atoms with E-state index in [1.54, 1.807) is 0 Å². The van der Waals surface area contributed by atoms with Crippen LogP contribution in [0.4, 0.5) is 0 Å². The first-order valence-corrected chi connectivity index (χ1v) is 10.3. The smallest absolute Gasteiger partial charge is 0.252 e. The van der Waals surface area contributed by atoms with Gasteiger partial charge in [0, 0.05) is 17.5 Å². The van der Waals surface area contributed by atoms with Crippen molar-refractivity contribution >= 4 is 16.9 Å². The first-order valence-electron chi connectivity index (χ1n) is 10.3. The average Bonchev–Trinajstić information content (AvgIpc) is 3.60. The zero-order chi connectivity index (χ0) is 20.3. The quantitative estimate of drug-likeness (QED) is 0.710. The van der Waals surface area contributed by atoms with Crippen molar-refractivity contribution in [3.05, 3.63) is 34.7 Å². The Kier molecular flexibility index (Phi) is 4.01. The fraction of sp³-hybridized carbons (Fsp3) is 0.571. The number of carbonyl (C=O) groups is 1. The van der Waals surface area contributed by atoms with Crippen LogP contribution in [0.5, 0.6) is 0 Å². The van der Waals surface area contributed by atoms with Gasteiger partial charge in [-0.3, -0.25) is 4.79 Å². The summed E-state index contributed by atoms with van der Waals surface area (Å²) >= 11 is 0. The molecule has 0 unspecified atom stereocenters. The number of hydrogen-bond donors (Lipinski definition) is 1. The van der Waals surface area contributed by atoms with Gasteiger partial charge in [0.15, 0.2) is 11.5 Å². The van der Waals surface area contributed by atoms with Crippen LogP contribution < -0.4 is 5.32 Å². The van der Waals surface area contributed by atoms with Crippen LogP contribution in [0.3, 0.4) is 0 Å². The van der Waals surface area contributed by atoms with E-state index >= 15 is 0 Å². The Bertz CT molecular complexity index is 1100. The van der Waals surface area contributed by atoms with Crippen LogP contribution in [-0.2, 0) is 12.1 Å². The lowest BCUT2D eigenvalue weighted by Crippen LogP contribution is -2.25. The average molecular weight is 394 g/mol. The first kappa shape index (κ1) is 18.3. The Labute approximate surface area is 169 Å². The van der Waals surface area contributed by atoms with Crippen LogP contribution in [-0.4, -0.2) is 30.8 Å². The van der Waals surface area contributed by atoms with Gasteiger partial charge >= 0.3 is 0 Å². The van der Waals surface area contributed by atoms with Crippen molar-refractivity contribution in [2.24, 2.45) is 0 Å². The summed E-state index contributed by atoms with van der Waals surface area (Å²) in [5, 5.41) is 12.5. The lowest BCUT2D eigenvalue weighted by Gasteiger charge is -2.20. The molecule has 0 atom stereocenters. The van der Waals surface area contributed by atoms with Crippen LogP contribution in [0.1, 0.15) is 91.8 Å². The zero-order valence-corrected chi connectivity index (χ0v) is 17.3. The third kappa shape index (κ3) is 3.41. The summed E-state index contributed by atoms with van der Waals surface area (Å²) in [5.41, 5.74) is 2.95. The largest absolute Gasteiger partial charge is 0.343 e. The number of fused-ring (bicyclic) bond motifs is 1. The van der Waals surface area contributed by atoms with Gasteiger partial charge in [-0.15, -0.1) is 0 Å². The van der Waals surface area contributed by atoms with Gasteiger partial charge in [-0.25, -0.2) is 9.67 Å². The summed E-state index contributed by atoms with van der Waals surface area (Å²) < 4.78 is 7.21. The predicted molar refractivity (Wildman–Crippen MR) is 107 cm³/mol. The predicted octanol–water partition coefficient (Wildman–Crippen LogP) is 3.56. The molecule has 8 nitrogen and oxygen atoms in total. The van der Waals surface area contributed by atoms with Crippen LogP contribution in [0, 0.1) is 6.92 Å². The summed E-state index contributed by atoms with van der Waals surface area (Å²) in [5.74, 6) is 1.89. The molecular formula is C21H26N6O2. The molecular weight excluding hydrogens is 368 g/mol. The Morgan fingerprint density at radius 1 is 1.21 bits per heavy atom. The van der Waals surface area contributed by atoms with E-state index in [9.17, 15) is 4.79 Å². The highest BCUT2D eigenvalue weighted by Gasteiger charge is 2.31. The molecule has 2 aliphatic rings. The van der Waals surface area contributed by atoms with E-state index in [0.29, 0.717) is 23.3 Å². The minimum absolute atomic E-state index is 0.165. The number of amides is 1. The standard InChI is InChI=1S/C21H26N6O2/c1-11-17-14(20(28)22-10-16-24-18(26-29-16)13-7-8-13)9-15(12-5-6-12)23-19(17)27(25-11)21(2,3)4/h9,12-13H,5-8,10H2,1-4H3,(H,22,28). The molecule has 1 N–H and O–H groups in total. The number of aryl methyl sites for hydroxylation is 1. The zero-order valence-electron chi connectivity index (χ0n) is 17.3. The first-order chi connectivity index (χ1) is 13.8. The number of rotatable bonds is 5. The van der Waals surface area contributed by atoms with Crippen molar-refractivity contribution in [2.75, 3.05) is 0 Å². The van der Waals surface area contributed by atoms with E-state index in [-0.39, 0.29) is 18.0 Å².